The lowest BCUT2D eigenvalue weighted by Gasteiger charge is -2.17. The van der Waals surface area contributed by atoms with Crippen molar-refractivity contribution in [3.8, 4) is 0 Å². The standard InChI is InChI=1S/C21H27ClN4O/c1-15-14-19(20(27)23-13-12-16-8-10-17(22)11-9-16)26-21(24-15)25-18-6-4-2-3-5-7-18/h8-11,14,18H,2-7,12-13H2,1H3,(H,23,27)(H,24,25,26). The summed E-state index contributed by atoms with van der Waals surface area (Å²) < 4.78 is 0. The van der Waals surface area contributed by atoms with Crippen molar-refractivity contribution in [2.75, 3.05) is 11.9 Å². The molecule has 0 atom stereocenters. The number of anilines is 1. The highest BCUT2D eigenvalue weighted by Crippen LogP contribution is 2.20. The second-order valence-electron chi connectivity index (χ2n) is 7.18. The topological polar surface area (TPSA) is 66.9 Å². The van der Waals surface area contributed by atoms with E-state index in [4.69, 9.17) is 11.6 Å². The van der Waals surface area contributed by atoms with Crippen LogP contribution in [-0.2, 0) is 6.42 Å². The first-order valence-electron chi connectivity index (χ1n) is 9.75. The van der Waals surface area contributed by atoms with Crippen molar-refractivity contribution in [3.05, 3.63) is 52.3 Å². The van der Waals surface area contributed by atoms with Gasteiger partial charge >= 0.3 is 0 Å². The molecule has 1 heterocycles. The van der Waals surface area contributed by atoms with Crippen LogP contribution in [0.2, 0.25) is 5.02 Å². The van der Waals surface area contributed by atoms with Crippen LogP contribution in [0.4, 0.5) is 5.95 Å². The molecule has 3 rings (SSSR count). The molecule has 1 aromatic carbocycles. The number of aromatic nitrogens is 2. The van der Waals surface area contributed by atoms with Crippen LogP contribution in [0.1, 0.15) is 60.3 Å². The van der Waals surface area contributed by atoms with E-state index in [0.29, 0.717) is 29.3 Å². The lowest BCUT2D eigenvalue weighted by Crippen LogP contribution is -2.28. The molecule has 27 heavy (non-hydrogen) atoms. The summed E-state index contributed by atoms with van der Waals surface area (Å²) in [6.07, 6.45) is 8.10. The van der Waals surface area contributed by atoms with Gasteiger partial charge in [0.15, 0.2) is 0 Å². The highest BCUT2D eigenvalue weighted by molar-refractivity contribution is 6.30. The molecule has 0 saturated heterocycles. The molecule has 144 valence electrons. The molecule has 0 aliphatic heterocycles. The number of carbonyl (C=O) groups is 1. The van der Waals surface area contributed by atoms with Crippen LogP contribution in [-0.4, -0.2) is 28.5 Å². The van der Waals surface area contributed by atoms with Gasteiger partial charge in [-0.05, 0) is 49.9 Å². The predicted molar refractivity (Wildman–Crippen MR) is 109 cm³/mol. The third-order valence-electron chi connectivity index (χ3n) is 4.89. The molecule has 1 aliphatic rings. The van der Waals surface area contributed by atoms with Crippen molar-refractivity contribution in [2.45, 2.75) is 57.9 Å². The summed E-state index contributed by atoms with van der Waals surface area (Å²) in [5.74, 6) is 0.392. The Morgan fingerprint density at radius 1 is 1.11 bits per heavy atom. The molecule has 0 radical (unpaired) electrons. The Labute approximate surface area is 166 Å². The summed E-state index contributed by atoms with van der Waals surface area (Å²) in [5.41, 5.74) is 2.34. The van der Waals surface area contributed by atoms with Gasteiger partial charge in [-0.25, -0.2) is 9.97 Å². The molecule has 0 spiro atoms. The maximum atomic E-state index is 12.5. The van der Waals surface area contributed by atoms with Crippen molar-refractivity contribution in [3.63, 3.8) is 0 Å². The third kappa shape index (κ3) is 6.21. The Bertz CT molecular complexity index is 755. The minimum atomic E-state index is -0.168. The first-order chi connectivity index (χ1) is 13.1. The van der Waals surface area contributed by atoms with Gasteiger partial charge in [0, 0.05) is 23.3 Å². The first kappa shape index (κ1) is 19.6. The monoisotopic (exact) mass is 386 g/mol. The van der Waals surface area contributed by atoms with E-state index in [1.54, 1.807) is 6.07 Å². The van der Waals surface area contributed by atoms with Crippen LogP contribution in [0.5, 0.6) is 0 Å². The molecule has 1 saturated carbocycles. The molecular weight excluding hydrogens is 360 g/mol. The average Bonchev–Trinajstić information content (AvgIpc) is 2.91. The lowest BCUT2D eigenvalue weighted by atomic mass is 10.1. The average molecular weight is 387 g/mol. The SMILES string of the molecule is Cc1cc(C(=O)NCCc2ccc(Cl)cc2)nc(NC2CCCCCC2)n1. The number of nitrogens with zero attached hydrogens (tertiary/aromatic N) is 2. The van der Waals surface area contributed by atoms with Crippen LogP contribution < -0.4 is 10.6 Å². The molecule has 1 fully saturated rings. The summed E-state index contributed by atoms with van der Waals surface area (Å²) in [6, 6.07) is 9.79. The molecule has 0 bridgehead atoms. The van der Waals surface area contributed by atoms with Gasteiger partial charge in [0.1, 0.15) is 5.69 Å². The van der Waals surface area contributed by atoms with Crippen molar-refractivity contribution in [1.29, 1.82) is 0 Å². The highest BCUT2D eigenvalue weighted by atomic mass is 35.5. The number of benzene rings is 1. The van der Waals surface area contributed by atoms with Crippen molar-refractivity contribution in [1.82, 2.24) is 15.3 Å². The number of amides is 1. The molecule has 1 aromatic heterocycles. The normalized spacial score (nSPS) is 15.2. The number of nitrogens with one attached hydrogen (secondary N) is 2. The Morgan fingerprint density at radius 3 is 2.52 bits per heavy atom. The fourth-order valence-electron chi connectivity index (χ4n) is 3.42. The number of hydrogen-bond donors (Lipinski definition) is 2. The Balaban J connectivity index is 1.57. The fourth-order valence-corrected chi connectivity index (χ4v) is 3.54. The quantitative estimate of drug-likeness (QED) is 0.715. The molecule has 1 aliphatic carbocycles. The Hall–Kier alpha value is -2.14. The number of aryl methyl sites for hydroxylation is 1. The molecule has 5 nitrogen and oxygen atoms in total. The molecule has 1 amide bonds. The number of carbonyl (C=O) groups excluding carboxylic acids is 1. The molecular formula is C21H27ClN4O. The summed E-state index contributed by atoms with van der Waals surface area (Å²) in [5, 5.41) is 7.09. The molecule has 6 heteroatoms. The van der Waals surface area contributed by atoms with Crippen LogP contribution in [0.15, 0.2) is 30.3 Å². The van der Waals surface area contributed by atoms with Crippen molar-refractivity contribution < 1.29 is 4.79 Å². The Morgan fingerprint density at radius 2 is 1.81 bits per heavy atom. The Kier molecular flexibility index (Phi) is 7.04. The highest BCUT2D eigenvalue weighted by Gasteiger charge is 2.15. The second-order valence-corrected chi connectivity index (χ2v) is 7.62. The lowest BCUT2D eigenvalue weighted by molar-refractivity contribution is 0.0949. The van der Waals surface area contributed by atoms with Gasteiger partial charge in [-0.1, -0.05) is 49.4 Å². The van der Waals surface area contributed by atoms with Gasteiger partial charge in [-0.3, -0.25) is 4.79 Å². The summed E-state index contributed by atoms with van der Waals surface area (Å²) >= 11 is 5.89. The smallest absolute Gasteiger partial charge is 0.270 e. The first-order valence-corrected chi connectivity index (χ1v) is 10.1. The third-order valence-corrected chi connectivity index (χ3v) is 5.14. The summed E-state index contributed by atoms with van der Waals surface area (Å²) in [7, 11) is 0. The van der Waals surface area contributed by atoms with Gasteiger partial charge < -0.3 is 10.6 Å². The van der Waals surface area contributed by atoms with Crippen LogP contribution >= 0.6 is 11.6 Å². The zero-order valence-electron chi connectivity index (χ0n) is 15.8. The zero-order chi connectivity index (χ0) is 19.1. The zero-order valence-corrected chi connectivity index (χ0v) is 16.6. The largest absolute Gasteiger partial charge is 0.351 e. The number of rotatable bonds is 6. The van der Waals surface area contributed by atoms with E-state index in [0.717, 1.165) is 30.5 Å². The van der Waals surface area contributed by atoms with Crippen LogP contribution in [0.25, 0.3) is 0 Å². The maximum Gasteiger partial charge on any atom is 0.270 e. The van der Waals surface area contributed by atoms with E-state index < -0.39 is 0 Å². The van der Waals surface area contributed by atoms with Gasteiger partial charge in [0.25, 0.3) is 5.91 Å². The van der Waals surface area contributed by atoms with E-state index in [1.165, 1.54) is 25.7 Å². The minimum absolute atomic E-state index is 0.168. The summed E-state index contributed by atoms with van der Waals surface area (Å²) in [6.45, 7) is 2.44. The van der Waals surface area contributed by atoms with Gasteiger partial charge in [0.05, 0.1) is 0 Å². The minimum Gasteiger partial charge on any atom is -0.351 e. The predicted octanol–water partition coefficient (Wildman–Crippen LogP) is 4.55. The van der Waals surface area contributed by atoms with Gasteiger partial charge in [0.2, 0.25) is 5.95 Å². The van der Waals surface area contributed by atoms with Crippen molar-refractivity contribution >= 4 is 23.5 Å². The van der Waals surface area contributed by atoms with E-state index >= 15 is 0 Å². The second kappa shape index (κ2) is 9.70. The van der Waals surface area contributed by atoms with Crippen LogP contribution in [0, 0.1) is 6.92 Å². The van der Waals surface area contributed by atoms with Crippen molar-refractivity contribution in [2.24, 2.45) is 0 Å². The van der Waals surface area contributed by atoms with Crippen LogP contribution in [0.3, 0.4) is 0 Å². The van der Waals surface area contributed by atoms with E-state index in [1.807, 2.05) is 31.2 Å². The molecule has 2 N–H and O–H groups in total. The number of halogens is 1. The molecule has 0 unspecified atom stereocenters. The van der Waals surface area contributed by atoms with Gasteiger partial charge in [-0.15, -0.1) is 0 Å². The summed E-state index contributed by atoms with van der Waals surface area (Å²) in [4.78, 5) is 21.4. The van der Waals surface area contributed by atoms with Gasteiger partial charge in [-0.2, -0.15) is 0 Å². The van der Waals surface area contributed by atoms with E-state index in [-0.39, 0.29) is 5.91 Å². The fraction of sp³-hybridized carbons (Fsp3) is 0.476. The maximum absolute atomic E-state index is 12.5. The molecule has 2 aromatic rings. The van der Waals surface area contributed by atoms with E-state index in [9.17, 15) is 4.79 Å². The van der Waals surface area contributed by atoms with E-state index in [2.05, 4.69) is 20.6 Å². The number of hydrogen-bond acceptors (Lipinski definition) is 4.